The molecule has 0 amide bonds. The third-order valence-corrected chi connectivity index (χ3v) is 5.09. The average Bonchev–Trinajstić information content (AvgIpc) is 2.67. The van der Waals surface area contributed by atoms with E-state index in [-0.39, 0.29) is 11.9 Å². The third kappa shape index (κ3) is 2.31. The van der Waals surface area contributed by atoms with Crippen molar-refractivity contribution in [2.75, 3.05) is 0 Å². The van der Waals surface area contributed by atoms with Gasteiger partial charge in [0.25, 0.3) is 0 Å². The summed E-state index contributed by atoms with van der Waals surface area (Å²) in [6.45, 7) is 2.81. The summed E-state index contributed by atoms with van der Waals surface area (Å²) in [6, 6.07) is 19.7. The van der Waals surface area contributed by atoms with Crippen LogP contribution in [0.15, 0.2) is 60.7 Å². The molecule has 5 aromatic carbocycles. The number of esters is 2. The Balaban J connectivity index is 1.99. The molecule has 0 saturated carbocycles. The van der Waals surface area contributed by atoms with E-state index in [1.54, 1.807) is 0 Å². The van der Waals surface area contributed by atoms with Gasteiger partial charge < -0.3 is 9.47 Å². The van der Waals surface area contributed by atoms with Crippen molar-refractivity contribution in [3.8, 4) is 11.5 Å². The Kier molecular flexibility index (Phi) is 3.49. The number of hydrogen-bond acceptors (Lipinski definition) is 4. The molecule has 0 atom stereocenters. The lowest BCUT2D eigenvalue weighted by atomic mass is 9.89. The van der Waals surface area contributed by atoms with E-state index >= 15 is 0 Å². The van der Waals surface area contributed by atoms with Crippen LogP contribution in [0.4, 0.5) is 0 Å². The van der Waals surface area contributed by atoms with Crippen LogP contribution in [0.2, 0.25) is 0 Å². The molecule has 0 unspecified atom stereocenters. The molecule has 0 radical (unpaired) electrons. The van der Waals surface area contributed by atoms with E-state index in [2.05, 4.69) is 12.1 Å². The molecule has 0 aliphatic rings. The lowest BCUT2D eigenvalue weighted by Gasteiger charge is -2.17. The van der Waals surface area contributed by atoms with Gasteiger partial charge in [0, 0.05) is 35.4 Å². The van der Waals surface area contributed by atoms with Crippen LogP contribution in [-0.4, -0.2) is 11.9 Å². The van der Waals surface area contributed by atoms with Gasteiger partial charge in [0.15, 0.2) is 0 Å². The van der Waals surface area contributed by atoms with Crippen LogP contribution in [0, 0.1) is 0 Å². The minimum Gasteiger partial charge on any atom is -0.426 e. The summed E-state index contributed by atoms with van der Waals surface area (Å²) in [4.78, 5) is 23.0. The fourth-order valence-corrected chi connectivity index (χ4v) is 4.15. The molecule has 0 spiro atoms. The summed E-state index contributed by atoms with van der Waals surface area (Å²) in [6.07, 6.45) is 0. The summed E-state index contributed by atoms with van der Waals surface area (Å²) < 4.78 is 10.9. The van der Waals surface area contributed by atoms with Crippen molar-refractivity contribution >= 4 is 55.0 Å². The molecule has 5 aromatic rings. The zero-order valence-corrected chi connectivity index (χ0v) is 15.4. The van der Waals surface area contributed by atoms with E-state index in [1.165, 1.54) is 13.8 Å². The zero-order chi connectivity index (χ0) is 19.4. The third-order valence-electron chi connectivity index (χ3n) is 5.09. The van der Waals surface area contributed by atoms with Gasteiger partial charge in [-0.25, -0.2) is 0 Å². The van der Waals surface area contributed by atoms with Gasteiger partial charge >= 0.3 is 11.9 Å². The molecule has 136 valence electrons. The molecule has 0 aromatic heterocycles. The molecule has 0 bridgehead atoms. The number of ether oxygens (including phenoxy) is 2. The summed E-state index contributed by atoms with van der Waals surface area (Å²) in [5.41, 5.74) is 0. The van der Waals surface area contributed by atoms with Crippen molar-refractivity contribution in [1.29, 1.82) is 0 Å². The highest BCUT2D eigenvalue weighted by atomic mass is 16.5. The molecule has 0 fully saturated rings. The molecule has 0 aliphatic heterocycles. The topological polar surface area (TPSA) is 52.6 Å². The number of carbonyl (C=O) groups excluding carboxylic acids is 2. The standard InChI is InChI=1S/C24H16O4/c1-13(25)27-21-11-9-17-18-10-12-22(28-14(2)26)20-8-4-6-16(24(18)20)15-5-3-7-19(21)23(15)17/h3-12H,1-2H3. The Morgan fingerprint density at radius 2 is 0.893 bits per heavy atom. The maximum Gasteiger partial charge on any atom is 0.308 e. The first kappa shape index (κ1) is 16.5. The fourth-order valence-electron chi connectivity index (χ4n) is 4.15. The van der Waals surface area contributed by atoms with Crippen LogP contribution in [0.25, 0.3) is 43.1 Å². The maximum atomic E-state index is 11.5. The van der Waals surface area contributed by atoms with E-state index in [9.17, 15) is 9.59 Å². The molecule has 4 nitrogen and oxygen atoms in total. The minimum atomic E-state index is -0.343. The number of benzene rings is 5. The minimum absolute atomic E-state index is 0.343. The smallest absolute Gasteiger partial charge is 0.308 e. The Hall–Kier alpha value is -3.66. The van der Waals surface area contributed by atoms with E-state index in [0.717, 1.165) is 43.1 Å². The lowest BCUT2D eigenvalue weighted by molar-refractivity contribution is -0.132. The highest BCUT2D eigenvalue weighted by Gasteiger charge is 2.17. The van der Waals surface area contributed by atoms with Crippen LogP contribution >= 0.6 is 0 Å². The summed E-state index contributed by atoms with van der Waals surface area (Å²) in [5.74, 6) is 0.426. The normalized spacial score (nSPS) is 11.5. The van der Waals surface area contributed by atoms with Gasteiger partial charge in [0.05, 0.1) is 0 Å². The second-order valence-electron chi connectivity index (χ2n) is 6.87. The first-order valence-electron chi connectivity index (χ1n) is 9.03. The van der Waals surface area contributed by atoms with Gasteiger partial charge in [-0.2, -0.15) is 0 Å². The zero-order valence-electron chi connectivity index (χ0n) is 15.4. The van der Waals surface area contributed by atoms with Crippen molar-refractivity contribution in [2.45, 2.75) is 13.8 Å². The quantitative estimate of drug-likeness (QED) is 0.176. The van der Waals surface area contributed by atoms with Crippen molar-refractivity contribution in [3.05, 3.63) is 60.7 Å². The Bertz CT molecular complexity index is 1290. The average molecular weight is 368 g/mol. The molecular formula is C24H16O4. The fraction of sp³-hybridized carbons (Fsp3) is 0.0833. The van der Waals surface area contributed by atoms with E-state index in [0.29, 0.717) is 11.5 Å². The molecular weight excluding hydrogens is 352 g/mol. The molecule has 0 aliphatic carbocycles. The molecule has 4 heteroatoms. The molecule has 0 N–H and O–H groups in total. The number of hydrogen-bond donors (Lipinski definition) is 0. The monoisotopic (exact) mass is 368 g/mol. The van der Waals surface area contributed by atoms with Crippen LogP contribution < -0.4 is 9.47 Å². The second kappa shape index (κ2) is 5.92. The van der Waals surface area contributed by atoms with Crippen molar-refractivity contribution in [1.82, 2.24) is 0 Å². The maximum absolute atomic E-state index is 11.5. The molecule has 0 heterocycles. The van der Waals surface area contributed by atoms with Crippen molar-refractivity contribution < 1.29 is 19.1 Å². The lowest BCUT2D eigenvalue weighted by Crippen LogP contribution is -2.03. The number of rotatable bonds is 2. The Morgan fingerprint density at radius 1 is 0.536 bits per heavy atom. The van der Waals surface area contributed by atoms with Gasteiger partial charge in [-0.1, -0.05) is 36.4 Å². The SMILES string of the molecule is CC(=O)Oc1ccc2c3ccc(OC(C)=O)c4cccc(c5cccc1c52)c43. The Labute approximate surface area is 160 Å². The van der Waals surface area contributed by atoms with E-state index in [4.69, 9.17) is 9.47 Å². The Morgan fingerprint density at radius 3 is 1.29 bits per heavy atom. The van der Waals surface area contributed by atoms with E-state index < -0.39 is 0 Å². The van der Waals surface area contributed by atoms with Gasteiger partial charge in [0.1, 0.15) is 11.5 Å². The highest BCUT2D eigenvalue weighted by Crippen LogP contribution is 2.44. The van der Waals surface area contributed by atoms with Crippen LogP contribution in [0.3, 0.4) is 0 Å². The second-order valence-corrected chi connectivity index (χ2v) is 6.87. The predicted molar refractivity (Wildman–Crippen MR) is 110 cm³/mol. The summed E-state index contributed by atoms with van der Waals surface area (Å²) in [5, 5.41) is 8.19. The molecule has 5 rings (SSSR count). The molecule has 28 heavy (non-hydrogen) atoms. The first-order chi connectivity index (χ1) is 13.5. The van der Waals surface area contributed by atoms with E-state index in [1.807, 2.05) is 48.5 Å². The van der Waals surface area contributed by atoms with Crippen molar-refractivity contribution in [3.63, 3.8) is 0 Å². The summed E-state index contributed by atoms with van der Waals surface area (Å²) in [7, 11) is 0. The van der Waals surface area contributed by atoms with Gasteiger partial charge in [-0.15, -0.1) is 0 Å². The molecule has 0 saturated heterocycles. The predicted octanol–water partition coefficient (Wildman–Crippen LogP) is 5.59. The van der Waals surface area contributed by atoms with Crippen LogP contribution in [-0.2, 0) is 9.59 Å². The van der Waals surface area contributed by atoms with Crippen molar-refractivity contribution in [2.24, 2.45) is 0 Å². The van der Waals surface area contributed by atoms with Crippen LogP contribution in [0.1, 0.15) is 13.8 Å². The van der Waals surface area contributed by atoms with Gasteiger partial charge in [0.2, 0.25) is 0 Å². The summed E-state index contributed by atoms with van der Waals surface area (Å²) >= 11 is 0. The van der Waals surface area contributed by atoms with Gasteiger partial charge in [-0.05, 0) is 45.8 Å². The van der Waals surface area contributed by atoms with Crippen LogP contribution in [0.5, 0.6) is 11.5 Å². The number of fused-ring (bicyclic) bond motifs is 2. The highest BCUT2D eigenvalue weighted by molar-refractivity contribution is 6.34. The first-order valence-corrected chi connectivity index (χ1v) is 9.03. The largest absolute Gasteiger partial charge is 0.426 e. The van der Waals surface area contributed by atoms with Gasteiger partial charge in [-0.3, -0.25) is 9.59 Å². The number of carbonyl (C=O) groups is 2.